The summed E-state index contributed by atoms with van der Waals surface area (Å²) in [6.07, 6.45) is 0. The van der Waals surface area contributed by atoms with Gasteiger partial charge in [-0.3, -0.25) is 0 Å². The molecule has 8 aromatic rings. The molecule has 0 aliphatic carbocycles. The van der Waals surface area contributed by atoms with E-state index in [4.69, 9.17) is 4.42 Å². The van der Waals surface area contributed by atoms with E-state index in [1.165, 1.54) is 10.8 Å². The number of aromatic nitrogens is 1. The molecule has 0 amide bonds. The van der Waals surface area contributed by atoms with E-state index in [9.17, 15) is 5.26 Å². The highest BCUT2D eigenvalue weighted by molar-refractivity contribution is 6.17. The monoisotopic (exact) mass is 510 g/mol. The smallest absolute Gasteiger partial charge is 0.135 e. The number of benzene rings is 6. The van der Waals surface area contributed by atoms with Crippen LogP contribution in [0.3, 0.4) is 0 Å². The van der Waals surface area contributed by atoms with Gasteiger partial charge in [-0.1, -0.05) is 72.8 Å². The number of nitrogens with zero attached hydrogens (tertiary/aromatic N) is 2. The van der Waals surface area contributed by atoms with Crippen molar-refractivity contribution < 1.29 is 4.42 Å². The highest BCUT2D eigenvalue weighted by Gasteiger charge is 2.17. The van der Waals surface area contributed by atoms with Crippen LogP contribution in [0.4, 0.5) is 0 Å². The van der Waals surface area contributed by atoms with Crippen LogP contribution in [0.2, 0.25) is 0 Å². The number of nitriles is 1. The topological polar surface area (TPSA) is 41.9 Å². The lowest BCUT2D eigenvalue weighted by Gasteiger charge is -2.08. The molecular formula is C37H22N2O. The Morgan fingerprint density at radius 1 is 0.525 bits per heavy atom. The Kier molecular flexibility index (Phi) is 4.89. The summed E-state index contributed by atoms with van der Waals surface area (Å²) in [6.45, 7) is 0. The van der Waals surface area contributed by atoms with Crippen LogP contribution in [-0.2, 0) is 0 Å². The van der Waals surface area contributed by atoms with E-state index in [1.807, 2.05) is 42.5 Å². The summed E-state index contributed by atoms with van der Waals surface area (Å²) in [4.78, 5) is 0. The summed E-state index contributed by atoms with van der Waals surface area (Å²) >= 11 is 0. The van der Waals surface area contributed by atoms with E-state index in [2.05, 4.69) is 102 Å². The zero-order valence-corrected chi connectivity index (χ0v) is 21.5. The van der Waals surface area contributed by atoms with Crippen molar-refractivity contribution in [3.63, 3.8) is 0 Å². The van der Waals surface area contributed by atoms with Crippen LogP contribution in [0.1, 0.15) is 5.56 Å². The number of furan rings is 1. The predicted molar refractivity (Wildman–Crippen MR) is 164 cm³/mol. The first-order chi connectivity index (χ1) is 19.8. The van der Waals surface area contributed by atoms with Crippen LogP contribution in [0.25, 0.3) is 71.7 Å². The van der Waals surface area contributed by atoms with Gasteiger partial charge >= 0.3 is 0 Å². The molecule has 8 rings (SSSR count). The summed E-state index contributed by atoms with van der Waals surface area (Å²) in [6, 6.07) is 48.5. The lowest BCUT2D eigenvalue weighted by atomic mass is 9.96. The van der Waals surface area contributed by atoms with Crippen LogP contribution < -0.4 is 0 Å². The maximum atomic E-state index is 9.33. The van der Waals surface area contributed by atoms with Gasteiger partial charge in [0, 0.05) is 27.2 Å². The van der Waals surface area contributed by atoms with Crippen molar-refractivity contribution in [1.82, 2.24) is 4.57 Å². The largest absolute Gasteiger partial charge is 0.456 e. The van der Waals surface area contributed by atoms with Gasteiger partial charge < -0.3 is 8.98 Å². The van der Waals surface area contributed by atoms with Crippen LogP contribution >= 0.6 is 0 Å². The normalized spacial score (nSPS) is 11.5. The van der Waals surface area contributed by atoms with Crippen molar-refractivity contribution in [1.29, 1.82) is 5.26 Å². The lowest BCUT2D eigenvalue weighted by Crippen LogP contribution is -1.93. The Hall–Kier alpha value is -5.59. The molecule has 0 aliphatic heterocycles. The standard InChI is InChI=1S/C37H22N2O/c38-23-24-13-15-25(16-14-24)29-10-6-11-34-37(29)32-22-26(17-19-33(32)39(34)28-7-2-1-3-8-28)27-18-20-36-31(21-27)30-9-4-5-12-35(30)40-36/h1-22H. The van der Waals surface area contributed by atoms with Gasteiger partial charge in [-0.25, -0.2) is 0 Å². The molecule has 0 fully saturated rings. The highest BCUT2D eigenvalue weighted by Crippen LogP contribution is 2.41. The van der Waals surface area contributed by atoms with Crippen molar-refractivity contribution in [3.8, 4) is 34.0 Å². The van der Waals surface area contributed by atoms with Crippen LogP contribution in [0.5, 0.6) is 0 Å². The second-order valence-electron chi connectivity index (χ2n) is 10.1. The molecule has 0 atom stereocenters. The van der Waals surface area contributed by atoms with Gasteiger partial charge in [-0.05, 0) is 82.9 Å². The van der Waals surface area contributed by atoms with Gasteiger partial charge in [-0.2, -0.15) is 5.26 Å². The fourth-order valence-corrected chi connectivity index (χ4v) is 5.98. The minimum atomic E-state index is 0.659. The molecule has 2 aromatic heterocycles. The van der Waals surface area contributed by atoms with Gasteiger partial charge in [0.25, 0.3) is 0 Å². The second kappa shape index (κ2) is 8.73. The van der Waals surface area contributed by atoms with Gasteiger partial charge in [0.05, 0.1) is 22.7 Å². The number of rotatable bonds is 3. The first kappa shape index (κ1) is 22.4. The molecule has 6 aromatic carbocycles. The third-order valence-corrected chi connectivity index (χ3v) is 7.84. The first-order valence-corrected chi connectivity index (χ1v) is 13.3. The van der Waals surface area contributed by atoms with Crippen molar-refractivity contribution in [2.45, 2.75) is 0 Å². The molecule has 0 bridgehead atoms. The first-order valence-electron chi connectivity index (χ1n) is 13.3. The Balaban J connectivity index is 1.42. The summed E-state index contributed by atoms with van der Waals surface area (Å²) in [5, 5.41) is 14.0. The fraction of sp³-hybridized carbons (Fsp3) is 0. The summed E-state index contributed by atoms with van der Waals surface area (Å²) < 4.78 is 8.42. The van der Waals surface area contributed by atoms with Crippen LogP contribution in [0, 0.1) is 11.3 Å². The molecule has 0 aliphatic rings. The molecule has 0 unspecified atom stereocenters. The minimum Gasteiger partial charge on any atom is -0.456 e. The molecule has 0 saturated carbocycles. The predicted octanol–water partition coefficient (Wildman–Crippen LogP) is 9.89. The summed E-state index contributed by atoms with van der Waals surface area (Å²) in [7, 11) is 0. The van der Waals surface area contributed by atoms with Crippen LogP contribution in [-0.4, -0.2) is 4.57 Å². The van der Waals surface area contributed by atoms with Crippen molar-refractivity contribution >= 4 is 43.7 Å². The van der Waals surface area contributed by atoms with E-state index in [0.717, 1.165) is 60.9 Å². The molecule has 186 valence electrons. The van der Waals surface area contributed by atoms with Crippen LogP contribution in [0.15, 0.2) is 138 Å². The van der Waals surface area contributed by atoms with Gasteiger partial charge in [0.1, 0.15) is 11.2 Å². The second-order valence-corrected chi connectivity index (χ2v) is 10.1. The Labute approximate surface area is 230 Å². The SMILES string of the molecule is N#Cc1ccc(-c2cccc3c2c2cc(-c4ccc5oc6ccccc6c5c4)ccc2n3-c2ccccc2)cc1. The average Bonchev–Trinajstić information content (AvgIpc) is 3.56. The van der Waals surface area contributed by atoms with Gasteiger partial charge in [0.2, 0.25) is 0 Å². The van der Waals surface area contributed by atoms with Crippen molar-refractivity contribution in [2.24, 2.45) is 0 Å². The highest BCUT2D eigenvalue weighted by atomic mass is 16.3. The van der Waals surface area contributed by atoms with E-state index in [0.29, 0.717) is 5.56 Å². The van der Waals surface area contributed by atoms with Gasteiger partial charge in [-0.15, -0.1) is 0 Å². The van der Waals surface area contributed by atoms with E-state index in [1.54, 1.807) is 0 Å². The molecule has 3 nitrogen and oxygen atoms in total. The molecular weight excluding hydrogens is 488 g/mol. The molecule has 40 heavy (non-hydrogen) atoms. The quantitative estimate of drug-likeness (QED) is 0.237. The Morgan fingerprint density at radius 3 is 2.05 bits per heavy atom. The Bertz CT molecular complexity index is 2260. The number of para-hydroxylation sites is 2. The molecule has 3 heteroatoms. The Morgan fingerprint density at radius 2 is 1.23 bits per heavy atom. The lowest BCUT2D eigenvalue weighted by molar-refractivity contribution is 0.669. The molecule has 0 spiro atoms. The van der Waals surface area contributed by atoms with Crippen molar-refractivity contribution in [3.05, 3.63) is 139 Å². The zero-order valence-electron chi connectivity index (χ0n) is 21.5. The average molecular weight is 511 g/mol. The molecule has 0 N–H and O–H groups in total. The van der Waals surface area contributed by atoms with E-state index in [-0.39, 0.29) is 0 Å². The maximum Gasteiger partial charge on any atom is 0.135 e. The van der Waals surface area contributed by atoms with Crippen molar-refractivity contribution in [2.75, 3.05) is 0 Å². The summed E-state index contributed by atoms with van der Waals surface area (Å²) in [5.74, 6) is 0. The molecule has 0 radical (unpaired) electrons. The third kappa shape index (κ3) is 3.37. The van der Waals surface area contributed by atoms with E-state index < -0.39 is 0 Å². The maximum absolute atomic E-state index is 9.33. The number of hydrogen-bond donors (Lipinski definition) is 0. The zero-order chi connectivity index (χ0) is 26.6. The minimum absolute atomic E-state index is 0.659. The molecule has 0 saturated heterocycles. The van der Waals surface area contributed by atoms with Gasteiger partial charge in [0.15, 0.2) is 0 Å². The number of hydrogen-bond acceptors (Lipinski definition) is 2. The fourth-order valence-electron chi connectivity index (χ4n) is 5.98. The third-order valence-electron chi connectivity index (χ3n) is 7.84. The van der Waals surface area contributed by atoms with E-state index >= 15 is 0 Å². The molecule has 2 heterocycles. The summed E-state index contributed by atoms with van der Waals surface area (Å²) in [5.41, 5.74) is 10.4. The number of fused-ring (bicyclic) bond motifs is 6.